The monoisotopic (exact) mass is 271 g/mol. The number of para-hydroxylation sites is 1. The Bertz CT molecular complexity index is 672. The summed E-state index contributed by atoms with van der Waals surface area (Å²) in [6.45, 7) is 4.48. The van der Waals surface area contributed by atoms with Crippen molar-refractivity contribution in [1.29, 1.82) is 0 Å². The Morgan fingerprint density at radius 3 is 2.80 bits per heavy atom. The number of aromatic nitrogens is 1. The molecule has 1 N–H and O–H groups in total. The maximum Gasteiger partial charge on any atom is 0.337 e. The largest absolute Gasteiger partial charge is 0.493 e. The molecule has 0 radical (unpaired) electrons. The molecule has 4 heteroatoms. The summed E-state index contributed by atoms with van der Waals surface area (Å²) >= 11 is 0. The molecule has 1 atom stereocenters. The first-order valence-corrected chi connectivity index (χ1v) is 6.73. The quantitative estimate of drug-likeness (QED) is 0.912. The third-order valence-electron chi connectivity index (χ3n) is 3.95. The molecule has 0 saturated heterocycles. The molecule has 4 nitrogen and oxygen atoms in total. The summed E-state index contributed by atoms with van der Waals surface area (Å²) in [5.41, 5.74) is 3.28. The summed E-state index contributed by atoms with van der Waals surface area (Å²) in [7, 11) is 0. The number of fused-ring (bicyclic) bond motifs is 1. The molecule has 1 aliphatic heterocycles. The van der Waals surface area contributed by atoms with E-state index < -0.39 is 5.97 Å². The molecule has 0 fully saturated rings. The van der Waals surface area contributed by atoms with Gasteiger partial charge in [0.1, 0.15) is 5.75 Å². The number of ether oxygens (including phenoxy) is 1. The highest BCUT2D eigenvalue weighted by molar-refractivity contribution is 5.89. The van der Waals surface area contributed by atoms with Gasteiger partial charge in [0.05, 0.1) is 18.2 Å². The van der Waals surface area contributed by atoms with E-state index in [0.29, 0.717) is 12.2 Å². The van der Waals surface area contributed by atoms with Gasteiger partial charge in [0.2, 0.25) is 0 Å². The number of aromatic carboxylic acids is 1. The third kappa shape index (κ3) is 1.88. The van der Waals surface area contributed by atoms with Crippen molar-refractivity contribution >= 4 is 5.97 Å². The predicted octanol–water partition coefficient (Wildman–Crippen LogP) is 3.18. The van der Waals surface area contributed by atoms with Crippen molar-refractivity contribution in [3.8, 4) is 5.75 Å². The minimum absolute atomic E-state index is 0.146. The molecule has 1 aliphatic rings. The lowest BCUT2D eigenvalue weighted by Crippen LogP contribution is -2.22. The van der Waals surface area contributed by atoms with E-state index in [0.717, 1.165) is 29.1 Å². The molecule has 3 rings (SSSR count). The van der Waals surface area contributed by atoms with Crippen LogP contribution in [-0.4, -0.2) is 22.2 Å². The van der Waals surface area contributed by atoms with Crippen LogP contribution in [0.1, 0.15) is 39.8 Å². The Labute approximate surface area is 117 Å². The highest BCUT2D eigenvalue weighted by Crippen LogP contribution is 2.36. The highest BCUT2D eigenvalue weighted by atomic mass is 16.5. The van der Waals surface area contributed by atoms with Gasteiger partial charge in [0, 0.05) is 23.4 Å². The lowest BCUT2D eigenvalue weighted by atomic mass is 10.00. The first-order chi connectivity index (χ1) is 9.59. The fraction of sp³-hybridized carbons (Fsp3) is 0.312. The van der Waals surface area contributed by atoms with Crippen LogP contribution in [0.4, 0.5) is 0 Å². The maximum absolute atomic E-state index is 11.3. The maximum atomic E-state index is 11.3. The van der Waals surface area contributed by atoms with Crippen molar-refractivity contribution in [2.45, 2.75) is 26.3 Å². The van der Waals surface area contributed by atoms with Gasteiger partial charge in [-0.15, -0.1) is 0 Å². The molecule has 1 unspecified atom stereocenters. The van der Waals surface area contributed by atoms with Gasteiger partial charge in [-0.25, -0.2) is 4.79 Å². The Hall–Kier alpha value is -2.23. The number of aryl methyl sites for hydroxylation is 1. The molecular weight excluding hydrogens is 254 g/mol. The van der Waals surface area contributed by atoms with Gasteiger partial charge in [-0.3, -0.25) is 0 Å². The zero-order chi connectivity index (χ0) is 14.3. The molecule has 0 bridgehead atoms. The third-order valence-corrected chi connectivity index (χ3v) is 3.95. The van der Waals surface area contributed by atoms with Gasteiger partial charge in [-0.1, -0.05) is 18.2 Å². The zero-order valence-electron chi connectivity index (χ0n) is 11.6. The molecule has 104 valence electrons. The van der Waals surface area contributed by atoms with E-state index in [-0.39, 0.29) is 6.04 Å². The number of benzene rings is 1. The number of carboxylic acids is 1. The second-order valence-corrected chi connectivity index (χ2v) is 5.15. The molecule has 20 heavy (non-hydrogen) atoms. The van der Waals surface area contributed by atoms with E-state index in [2.05, 4.69) is 10.6 Å². The number of hydrogen-bond donors (Lipinski definition) is 1. The van der Waals surface area contributed by atoms with Crippen LogP contribution in [0.15, 0.2) is 30.3 Å². The number of carboxylic acid groups (broad SMARTS) is 1. The van der Waals surface area contributed by atoms with Gasteiger partial charge >= 0.3 is 5.97 Å². The van der Waals surface area contributed by atoms with Crippen molar-refractivity contribution < 1.29 is 14.6 Å². The summed E-state index contributed by atoms with van der Waals surface area (Å²) in [5, 5.41) is 9.26. The number of carbonyl (C=O) groups is 1. The first-order valence-electron chi connectivity index (χ1n) is 6.73. The molecule has 1 aromatic carbocycles. The van der Waals surface area contributed by atoms with Gasteiger partial charge in [-0.05, 0) is 26.0 Å². The summed E-state index contributed by atoms with van der Waals surface area (Å²) in [6.07, 6.45) is 0.854. The van der Waals surface area contributed by atoms with Crippen molar-refractivity contribution in [2.75, 3.05) is 6.61 Å². The minimum atomic E-state index is -0.871. The Morgan fingerprint density at radius 2 is 2.10 bits per heavy atom. The smallest absolute Gasteiger partial charge is 0.337 e. The Kier molecular flexibility index (Phi) is 3.01. The molecule has 0 aliphatic carbocycles. The summed E-state index contributed by atoms with van der Waals surface area (Å²) in [4.78, 5) is 11.3. The number of hydrogen-bond acceptors (Lipinski definition) is 2. The van der Waals surface area contributed by atoms with E-state index in [1.165, 1.54) is 0 Å². The van der Waals surface area contributed by atoms with E-state index in [1.807, 2.05) is 32.0 Å². The first kappa shape index (κ1) is 12.8. The molecule has 0 spiro atoms. The van der Waals surface area contributed by atoms with Gasteiger partial charge in [-0.2, -0.15) is 0 Å². The highest BCUT2D eigenvalue weighted by Gasteiger charge is 2.26. The second-order valence-electron chi connectivity index (χ2n) is 5.15. The molecule has 2 aromatic rings. The standard InChI is InChI=1S/C16H17NO3/c1-10-9-13(16(18)19)11(2)17(10)14-7-8-20-15-6-4-3-5-12(14)15/h3-6,9,14H,7-8H2,1-2H3,(H,18,19). The zero-order valence-corrected chi connectivity index (χ0v) is 11.6. The fourth-order valence-corrected chi connectivity index (χ4v) is 3.06. The second kappa shape index (κ2) is 4.71. The van der Waals surface area contributed by atoms with Crippen molar-refractivity contribution in [1.82, 2.24) is 4.57 Å². The number of nitrogens with zero attached hydrogens (tertiary/aromatic N) is 1. The summed E-state index contributed by atoms with van der Waals surface area (Å²) < 4.78 is 7.80. The van der Waals surface area contributed by atoms with Crippen LogP contribution in [0, 0.1) is 13.8 Å². The lowest BCUT2D eigenvalue weighted by molar-refractivity contribution is 0.0696. The van der Waals surface area contributed by atoms with Crippen LogP contribution >= 0.6 is 0 Å². The fourth-order valence-electron chi connectivity index (χ4n) is 3.06. The van der Waals surface area contributed by atoms with E-state index >= 15 is 0 Å². The molecule has 0 amide bonds. The van der Waals surface area contributed by atoms with Crippen molar-refractivity contribution in [3.05, 3.63) is 52.8 Å². The average Bonchev–Trinajstić information content (AvgIpc) is 2.74. The van der Waals surface area contributed by atoms with E-state index in [1.54, 1.807) is 6.07 Å². The molecule has 2 heterocycles. The van der Waals surface area contributed by atoms with Crippen LogP contribution in [0.3, 0.4) is 0 Å². The normalized spacial score (nSPS) is 17.4. The average molecular weight is 271 g/mol. The molecule has 1 aromatic heterocycles. The Balaban J connectivity index is 2.14. The molecule has 0 saturated carbocycles. The van der Waals surface area contributed by atoms with Crippen molar-refractivity contribution in [3.63, 3.8) is 0 Å². The molecular formula is C16H17NO3. The van der Waals surface area contributed by atoms with Crippen LogP contribution in [0.5, 0.6) is 5.75 Å². The lowest BCUT2D eigenvalue weighted by Gasteiger charge is -2.29. The summed E-state index contributed by atoms with van der Waals surface area (Å²) in [5.74, 6) is 0.0258. The SMILES string of the molecule is Cc1cc(C(=O)O)c(C)n1C1CCOc2ccccc21. The van der Waals surface area contributed by atoms with Crippen LogP contribution in [0.2, 0.25) is 0 Å². The minimum Gasteiger partial charge on any atom is -0.493 e. The van der Waals surface area contributed by atoms with Crippen LogP contribution < -0.4 is 4.74 Å². The van der Waals surface area contributed by atoms with Crippen molar-refractivity contribution in [2.24, 2.45) is 0 Å². The van der Waals surface area contributed by atoms with E-state index in [4.69, 9.17) is 4.74 Å². The van der Waals surface area contributed by atoms with Crippen LogP contribution in [0.25, 0.3) is 0 Å². The topological polar surface area (TPSA) is 51.5 Å². The van der Waals surface area contributed by atoms with Gasteiger partial charge < -0.3 is 14.4 Å². The Morgan fingerprint density at radius 1 is 1.35 bits per heavy atom. The van der Waals surface area contributed by atoms with Gasteiger partial charge in [0.15, 0.2) is 0 Å². The van der Waals surface area contributed by atoms with E-state index in [9.17, 15) is 9.90 Å². The van der Waals surface area contributed by atoms with Gasteiger partial charge in [0.25, 0.3) is 0 Å². The van der Waals surface area contributed by atoms with Crippen LogP contribution in [-0.2, 0) is 0 Å². The summed E-state index contributed by atoms with van der Waals surface area (Å²) in [6, 6.07) is 9.86. The number of rotatable bonds is 2. The predicted molar refractivity (Wildman–Crippen MR) is 75.6 cm³/mol.